The Bertz CT molecular complexity index is 1570. The zero-order valence-electron chi connectivity index (χ0n) is 25.6. The number of anilines is 1. The van der Waals surface area contributed by atoms with Crippen LogP contribution in [0.15, 0.2) is 30.6 Å². The number of ether oxygens (including phenoxy) is 3. The highest BCUT2D eigenvalue weighted by Gasteiger charge is 2.37. The highest BCUT2D eigenvalue weighted by Crippen LogP contribution is 2.40. The largest absolute Gasteiger partial charge is 0.465 e. The maximum absolute atomic E-state index is 14.3. The van der Waals surface area contributed by atoms with Crippen LogP contribution in [-0.2, 0) is 20.4 Å². The molecule has 0 saturated heterocycles. The summed E-state index contributed by atoms with van der Waals surface area (Å²) in [6.45, 7) is 10.2. The number of rotatable bonds is 5. The summed E-state index contributed by atoms with van der Waals surface area (Å²) in [7, 11) is 1.19. The van der Waals surface area contributed by atoms with Gasteiger partial charge in [0.25, 0.3) is 0 Å². The average Bonchev–Trinajstić information content (AvgIpc) is 3.49. The molecule has 11 nitrogen and oxygen atoms in total. The van der Waals surface area contributed by atoms with Gasteiger partial charge < -0.3 is 24.8 Å². The number of methoxy groups -OCH3 is 1. The van der Waals surface area contributed by atoms with Gasteiger partial charge in [0.05, 0.1) is 23.9 Å². The van der Waals surface area contributed by atoms with Crippen molar-refractivity contribution in [2.45, 2.75) is 90.3 Å². The van der Waals surface area contributed by atoms with E-state index in [1.165, 1.54) is 31.5 Å². The van der Waals surface area contributed by atoms with E-state index in [0.29, 0.717) is 25.5 Å². The second-order valence-corrected chi connectivity index (χ2v) is 12.6. The van der Waals surface area contributed by atoms with Crippen LogP contribution in [0.4, 0.5) is 28.7 Å². The van der Waals surface area contributed by atoms with Crippen LogP contribution in [-0.4, -0.2) is 63.1 Å². The summed E-state index contributed by atoms with van der Waals surface area (Å²) < 4.78 is 59.4. The molecule has 1 aliphatic rings. The van der Waals surface area contributed by atoms with Gasteiger partial charge in [0.15, 0.2) is 0 Å². The lowest BCUT2D eigenvalue weighted by atomic mass is 10.0. The van der Waals surface area contributed by atoms with Gasteiger partial charge in [-0.25, -0.2) is 24.4 Å². The Morgan fingerprint density at radius 3 is 2.25 bits per heavy atom. The lowest BCUT2D eigenvalue weighted by Gasteiger charge is -2.22. The Hall–Kier alpha value is -4.36. The molecule has 1 amide bonds. The number of carbonyl (C=O) groups is 3. The van der Waals surface area contributed by atoms with Crippen molar-refractivity contribution >= 4 is 35.0 Å². The molecular formula is C30H36F3N5O6. The first-order chi connectivity index (χ1) is 20.3. The molecular weight excluding hydrogens is 583 g/mol. The van der Waals surface area contributed by atoms with Gasteiger partial charge >= 0.3 is 24.3 Å². The van der Waals surface area contributed by atoms with Crippen molar-refractivity contribution in [2.24, 2.45) is 0 Å². The Labute approximate surface area is 252 Å². The van der Waals surface area contributed by atoms with Crippen LogP contribution in [0.5, 0.6) is 0 Å². The molecule has 0 aliphatic heterocycles. The summed E-state index contributed by atoms with van der Waals surface area (Å²) in [5.74, 6) is -0.744. The standard InChI is InChI=1S/C30H36F3N5O6/c1-28(2,3)43-26(40)36-18-10-9-17(13-18)35-25-34-14-21(30(31,32)33)23(37-25)20-15-38(27(41)44-29(4,5)6)22-12-16(24(39)42-7)8-11-19(20)22/h8,11-12,14-15,17-18H,9-10,13H2,1-7H3,(H,36,40)(H,34,35,37)/t17-,18-/m0/s1. The van der Waals surface area contributed by atoms with E-state index in [1.807, 2.05) is 0 Å². The minimum absolute atomic E-state index is 0.0176. The molecule has 1 aliphatic carbocycles. The van der Waals surface area contributed by atoms with E-state index < -0.39 is 46.8 Å². The van der Waals surface area contributed by atoms with Gasteiger partial charge in [-0.3, -0.25) is 4.57 Å². The van der Waals surface area contributed by atoms with Gasteiger partial charge in [-0.05, 0) is 72.9 Å². The summed E-state index contributed by atoms with van der Waals surface area (Å²) in [6, 6.07) is 3.73. The SMILES string of the molecule is COC(=O)c1ccc2c(-c3nc(N[C@H]4CC[C@H](NC(=O)OC(C)(C)C)C4)ncc3C(F)(F)F)cn(C(=O)OC(C)(C)C)c2c1. The van der Waals surface area contributed by atoms with Crippen molar-refractivity contribution in [3.05, 3.63) is 41.7 Å². The van der Waals surface area contributed by atoms with Gasteiger partial charge in [0, 0.05) is 35.4 Å². The number of carbonyl (C=O) groups excluding carboxylic acids is 3. The van der Waals surface area contributed by atoms with Crippen LogP contribution in [0.25, 0.3) is 22.2 Å². The number of nitrogens with one attached hydrogen (secondary N) is 2. The lowest BCUT2D eigenvalue weighted by Crippen LogP contribution is -2.38. The van der Waals surface area contributed by atoms with Crippen LogP contribution in [0.3, 0.4) is 0 Å². The summed E-state index contributed by atoms with van der Waals surface area (Å²) in [5.41, 5.74) is -2.94. The fourth-order valence-electron chi connectivity index (χ4n) is 4.89. The van der Waals surface area contributed by atoms with E-state index in [0.717, 1.165) is 4.57 Å². The first-order valence-electron chi connectivity index (χ1n) is 14.0. The van der Waals surface area contributed by atoms with Gasteiger partial charge in [-0.2, -0.15) is 13.2 Å². The fourth-order valence-corrected chi connectivity index (χ4v) is 4.89. The third-order valence-electron chi connectivity index (χ3n) is 6.65. The summed E-state index contributed by atoms with van der Waals surface area (Å²) in [6.07, 6.45) is -2.62. The summed E-state index contributed by atoms with van der Waals surface area (Å²) in [4.78, 5) is 45.8. The zero-order chi connectivity index (χ0) is 32.6. The summed E-state index contributed by atoms with van der Waals surface area (Å²) in [5, 5.41) is 6.12. The van der Waals surface area contributed by atoms with Gasteiger partial charge in [-0.15, -0.1) is 0 Å². The molecule has 4 rings (SSSR count). The predicted molar refractivity (Wildman–Crippen MR) is 155 cm³/mol. The fraction of sp³-hybridized carbons (Fsp3) is 0.500. The summed E-state index contributed by atoms with van der Waals surface area (Å²) >= 11 is 0. The Kier molecular flexibility index (Phi) is 8.85. The highest BCUT2D eigenvalue weighted by atomic mass is 19.4. The monoisotopic (exact) mass is 619 g/mol. The molecule has 2 N–H and O–H groups in total. The van der Waals surface area contributed by atoms with Crippen molar-refractivity contribution in [1.82, 2.24) is 19.9 Å². The smallest absolute Gasteiger partial charge is 0.419 e. The Morgan fingerprint density at radius 2 is 1.64 bits per heavy atom. The van der Waals surface area contributed by atoms with E-state index in [-0.39, 0.29) is 40.1 Å². The molecule has 0 bridgehead atoms. The van der Waals surface area contributed by atoms with E-state index >= 15 is 0 Å². The van der Waals surface area contributed by atoms with Gasteiger partial charge in [-0.1, -0.05) is 6.07 Å². The molecule has 2 heterocycles. The molecule has 44 heavy (non-hydrogen) atoms. The molecule has 1 saturated carbocycles. The second kappa shape index (κ2) is 12.0. The van der Waals surface area contributed by atoms with Crippen molar-refractivity contribution in [1.29, 1.82) is 0 Å². The van der Waals surface area contributed by atoms with Crippen LogP contribution in [0, 0.1) is 0 Å². The predicted octanol–water partition coefficient (Wildman–Crippen LogP) is 6.54. The number of hydrogen-bond acceptors (Lipinski definition) is 9. The molecule has 0 unspecified atom stereocenters. The van der Waals surface area contributed by atoms with E-state index in [9.17, 15) is 27.6 Å². The number of aromatic nitrogens is 3. The Balaban J connectivity index is 1.72. The van der Waals surface area contributed by atoms with Crippen LogP contribution in [0.2, 0.25) is 0 Å². The zero-order valence-corrected chi connectivity index (χ0v) is 25.6. The van der Waals surface area contributed by atoms with Crippen molar-refractivity contribution in [2.75, 3.05) is 12.4 Å². The number of amides is 1. The minimum Gasteiger partial charge on any atom is -0.465 e. The van der Waals surface area contributed by atoms with Gasteiger partial charge in [0.2, 0.25) is 5.95 Å². The number of esters is 1. The number of alkyl halides is 3. The van der Waals surface area contributed by atoms with Crippen LogP contribution < -0.4 is 10.6 Å². The maximum Gasteiger partial charge on any atom is 0.419 e. The number of hydrogen-bond donors (Lipinski definition) is 2. The van der Waals surface area contributed by atoms with Crippen LogP contribution >= 0.6 is 0 Å². The van der Waals surface area contributed by atoms with Gasteiger partial charge in [0.1, 0.15) is 16.8 Å². The van der Waals surface area contributed by atoms with Crippen molar-refractivity contribution < 1.29 is 41.8 Å². The molecule has 1 fully saturated rings. The minimum atomic E-state index is -4.82. The van der Waals surface area contributed by atoms with Crippen molar-refractivity contribution in [3.63, 3.8) is 0 Å². The van der Waals surface area contributed by atoms with Crippen LogP contribution in [0.1, 0.15) is 76.7 Å². The average molecular weight is 620 g/mol. The molecule has 0 spiro atoms. The molecule has 3 aromatic rings. The molecule has 2 atom stereocenters. The molecule has 1 aromatic carbocycles. The number of alkyl carbamates (subject to hydrolysis) is 1. The topological polar surface area (TPSA) is 134 Å². The second-order valence-electron chi connectivity index (χ2n) is 12.6. The molecule has 2 aromatic heterocycles. The number of nitrogens with zero attached hydrogens (tertiary/aromatic N) is 3. The number of benzene rings is 1. The third kappa shape index (κ3) is 7.77. The normalized spacial score (nSPS) is 17.3. The first kappa shape index (κ1) is 32.6. The quantitative estimate of drug-likeness (QED) is 0.241. The highest BCUT2D eigenvalue weighted by molar-refractivity contribution is 6.03. The molecule has 0 radical (unpaired) electrons. The third-order valence-corrected chi connectivity index (χ3v) is 6.65. The first-order valence-corrected chi connectivity index (χ1v) is 14.0. The lowest BCUT2D eigenvalue weighted by molar-refractivity contribution is -0.137. The van der Waals surface area contributed by atoms with E-state index in [2.05, 4.69) is 20.6 Å². The molecule has 238 valence electrons. The molecule has 14 heteroatoms. The van der Waals surface area contributed by atoms with E-state index in [4.69, 9.17) is 14.2 Å². The number of halogens is 3. The van der Waals surface area contributed by atoms with E-state index in [1.54, 1.807) is 41.5 Å². The Morgan fingerprint density at radius 1 is 0.977 bits per heavy atom. The number of fused-ring (bicyclic) bond motifs is 1. The van der Waals surface area contributed by atoms with Crippen molar-refractivity contribution in [3.8, 4) is 11.3 Å². The maximum atomic E-state index is 14.3.